The molecule has 0 aliphatic carbocycles. The summed E-state index contributed by atoms with van der Waals surface area (Å²) >= 11 is 0. The van der Waals surface area contributed by atoms with Gasteiger partial charge < -0.3 is 24.8 Å². The van der Waals surface area contributed by atoms with E-state index < -0.39 is 27.8 Å². The molecule has 0 saturated heterocycles. The Hall–Kier alpha value is -4.98. The molecule has 0 fully saturated rings. The predicted octanol–water partition coefficient (Wildman–Crippen LogP) is 1.09. The summed E-state index contributed by atoms with van der Waals surface area (Å²) in [6.45, 7) is -0.0881. The van der Waals surface area contributed by atoms with Crippen LogP contribution in [0, 0.1) is 0 Å². The van der Waals surface area contributed by atoms with E-state index in [0.717, 1.165) is 11.8 Å². The number of sulfonamides is 1. The molecule has 2 aromatic carbocycles. The molecule has 0 spiro atoms. The molecule has 0 aliphatic rings. The zero-order chi connectivity index (χ0) is 30.0. The van der Waals surface area contributed by atoms with Crippen molar-refractivity contribution in [2.24, 2.45) is 0 Å². The summed E-state index contributed by atoms with van der Waals surface area (Å²) in [7, 11) is -0.0833. The monoisotopic (exact) mass is 584 g/mol. The zero-order valence-corrected chi connectivity index (χ0v) is 23.2. The van der Waals surface area contributed by atoms with Gasteiger partial charge in [0.25, 0.3) is 27.7 Å². The van der Waals surface area contributed by atoms with Crippen molar-refractivity contribution in [3.8, 4) is 11.5 Å². The fraction of sp³-hybridized carbons (Fsp3) is 0.222. The van der Waals surface area contributed by atoms with E-state index in [1.165, 1.54) is 45.6 Å². The van der Waals surface area contributed by atoms with E-state index in [4.69, 9.17) is 9.47 Å². The van der Waals surface area contributed by atoms with Crippen LogP contribution < -0.4 is 24.8 Å². The van der Waals surface area contributed by atoms with Crippen molar-refractivity contribution < 1.29 is 41.8 Å². The van der Waals surface area contributed by atoms with Crippen LogP contribution in [-0.2, 0) is 26.0 Å². The van der Waals surface area contributed by atoms with Gasteiger partial charge in [-0.05, 0) is 54.4 Å². The van der Waals surface area contributed by atoms with Gasteiger partial charge in [0.05, 0.1) is 37.4 Å². The molecule has 1 heterocycles. The lowest BCUT2D eigenvalue weighted by Crippen LogP contribution is -2.32. The Kier molecular flexibility index (Phi) is 10.4. The molecular weight excluding hydrogens is 556 g/mol. The molecule has 0 bridgehead atoms. The van der Waals surface area contributed by atoms with Crippen LogP contribution in [0.4, 0.5) is 0 Å². The standard InChI is InChI=1S/C27H28N4O9S/c1-38-19-7-11-23(39-2)21(14-19)26(34)28-13-12-17-4-8-20(9-5-17)41(36,37)31-25(33)18-6-10-22(29-15-18)27(35)30-16-24(32)40-3/h4-11,14-15H,12-13,16H2,1-3H3,(H,28,34)(H,30,35)(H,31,33). The number of amides is 3. The molecule has 0 saturated carbocycles. The fourth-order valence-corrected chi connectivity index (χ4v) is 4.43. The SMILES string of the molecule is COC(=O)CNC(=O)c1ccc(C(=O)NS(=O)(=O)c2ccc(CCNC(=O)c3cc(OC)ccc3OC)cc2)cn1. The lowest BCUT2D eigenvalue weighted by molar-refractivity contribution is -0.139. The summed E-state index contributed by atoms with van der Waals surface area (Å²) < 4.78 is 42.2. The fourth-order valence-electron chi connectivity index (χ4n) is 3.46. The van der Waals surface area contributed by atoms with Crippen LogP contribution in [0.2, 0.25) is 0 Å². The van der Waals surface area contributed by atoms with Crippen LogP contribution in [0.5, 0.6) is 11.5 Å². The Morgan fingerprint density at radius 2 is 1.56 bits per heavy atom. The summed E-state index contributed by atoms with van der Waals surface area (Å²) in [6.07, 6.45) is 1.45. The average Bonchev–Trinajstić information content (AvgIpc) is 2.99. The van der Waals surface area contributed by atoms with Gasteiger partial charge in [-0.25, -0.2) is 13.1 Å². The van der Waals surface area contributed by atoms with Crippen LogP contribution in [0.3, 0.4) is 0 Å². The van der Waals surface area contributed by atoms with E-state index in [1.54, 1.807) is 30.3 Å². The van der Waals surface area contributed by atoms with Gasteiger partial charge in [0.2, 0.25) is 0 Å². The Bertz CT molecular complexity index is 1520. The molecule has 3 rings (SSSR count). The summed E-state index contributed by atoms with van der Waals surface area (Å²) in [6, 6.07) is 13.1. The van der Waals surface area contributed by atoms with Crippen LogP contribution in [0.1, 0.15) is 36.8 Å². The second-order valence-electron chi connectivity index (χ2n) is 8.34. The van der Waals surface area contributed by atoms with Gasteiger partial charge in [0, 0.05) is 12.7 Å². The number of nitrogens with zero attached hydrogens (tertiary/aromatic N) is 1. The molecular formula is C27H28N4O9S. The number of methoxy groups -OCH3 is 3. The third-order valence-corrected chi connectivity index (χ3v) is 7.04. The first-order chi connectivity index (χ1) is 19.6. The maximum atomic E-state index is 12.7. The van der Waals surface area contributed by atoms with Crippen molar-refractivity contribution in [3.05, 3.63) is 83.2 Å². The predicted molar refractivity (Wildman–Crippen MR) is 145 cm³/mol. The van der Waals surface area contributed by atoms with Gasteiger partial charge in [-0.2, -0.15) is 0 Å². The van der Waals surface area contributed by atoms with E-state index in [-0.39, 0.29) is 35.1 Å². The minimum atomic E-state index is -4.21. The minimum absolute atomic E-state index is 0.0808. The number of hydrogen-bond donors (Lipinski definition) is 3. The average molecular weight is 585 g/mol. The Morgan fingerprint density at radius 1 is 0.829 bits per heavy atom. The van der Waals surface area contributed by atoms with Crippen LogP contribution in [0.25, 0.3) is 0 Å². The molecule has 0 atom stereocenters. The van der Waals surface area contributed by atoms with Crippen molar-refractivity contribution >= 4 is 33.7 Å². The van der Waals surface area contributed by atoms with Crippen molar-refractivity contribution in [1.29, 1.82) is 0 Å². The molecule has 14 heteroatoms. The van der Waals surface area contributed by atoms with E-state index in [2.05, 4.69) is 20.4 Å². The Balaban J connectivity index is 1.55. The van der Waals surface area contributed by atoms with Crippen molar-refractivity contribution in [2.75, 3.05) is 34.4 Å². The highest BCUT2D eigenvalue weighted by molar-refractivity contribution is 7.90. The number of ether oxygens (including phenoxy) is 3. The highest BCUT2D eigenvalue weighted by Crippen LogP contribution is 2.23. The number of esters is 1. The van der Waals surface area contributed by atoms with E-state index in [1.807, 2.05) is 4.72 Å². The third kappa shape index (κ3) is 8.25. The molecule has 1 aromatic heterocycles. The van der Waals surface area contributed by atoms with Gasteiger partial charge in [-0.15, -0.1) is 0 Å². The van der Waals surface area contributed by atoms with Crippen LogP contribution in [0.15, 0.2) is 65.7 Å². The second-order valence-corrected chi connectivity index (χ2v) is 10.0. The van der Waals surface area contributed by atoms with Crippen LogP contribution in [-0.4, -0.2) is 71.5 Å². The van der Waals surface area contributed by atoms with Gasteiger partial charge >= 0.3 is 5.97 Å². The molecule has 216 valence electrons. The molecule has 0 aliphatic heterocycles. The first kappa shape index (κ1) is 30.6. The molecule has 0 radical (unpaired) electrons. The normalized spacial score (nSPS) is 10.7. The first-order valence-corrected chi connectivity index (χ1v) is 13.5. The lowest BCUT2D eigenvalue weighted by Gasteiger charge is -2.11. The van der Waals surface area contributed by atoms with Gasteiger partial charge in [0.1, 0.15) is 23.7 Å². The summed E-state index contributed by atoms with van der Waals surface area (Å²) in [5.41, 5.74) is 0.884. The number of rotatable bonds is 12. The summed E-state index contributed by atoms with van der Waals surface area (Å²) in [5.74, 6) is -1.72. The third-order valence-electron chi connectivity index (χ3n) is 5.69. The molecule has 3 N–H and O–H groups in total. The Labute approximate surface area is 236 Å². The molecule has 0 unspecified atom stereocenters. The van der Waals surface area contributed by atoms with Gasteiger partial charge in [-0.3, -0.25) is 24.2 Å². The number of nitrogens with one attached hydrogen (secondary N) is 3. The second kappa shape index (κ2) is 13.9. The number of benzene rings is 2. The molecule has 41 heavy (non-hydrogen) atoms. The van der Waals surface area contributed by atoms with Gasteiger partial charge in [-0.1, -0.05) is 12.1 Å². The van der Waals surface area contributed by atoms with E-state index in [0.29, 0.717) is 23.5 Å². The van der Waals surface area contributed by atoms with Crippen LogP contribution >= 0.6 is 0 Å². The smallest absolute Gasteiger partial charge is 0.325 e. The minimum Gasteiger partial charge on any atom is -0.497 e. The van der Waals surface area contributed by atoms with E-state index in [9.17, 15) is 27.6 Å². The number of pyridine rings is 1. The molecule has 13 nitrogen and oxygen atoms in total. The zero-order valence-electron chi connectivity index (χ0n) is 22.4. The van der Waals surface area contributed by atoms with Crippen molar-refractivity contribution in [2.45, 2.75) is 11.3 Å². The molecule has 3 amide bonds. The molecule has 3 aromatic rings. The largest absolute Gasteiger partial charge is 0.497 e. The quantitative estimate of drug-likeness (QED) is 0.261. The van der Waals surface area contributed by atoms with Crippen molar-refractivity contribution in [1.82, 2.24) is 20.3 Å². The number of aromatic nitrogens is 1. The maximum Gasteiger partial charge on any atom is 0.325 e. The number of hydrogen-bond acceptors (Lipinski definition) is 10. The first-order valence-electron chi connectivity index (χ1n) is 12.0. The number of carbonyl (C=O) groups is 4. The highest BCUT2D eigenvalue weighted by Gasteiger charge is 2.20. The van der Waals surface area contributed by atoms with Gasteiger partial charge in [0.15, 0.2) is 0 Å². The summed E-state index contributed by atoms with van der Waals surface area (Å²) in [5, 5.41) is 5.08. The highest BCUT2D eigenvalue weighted by atomic mass is 32.2. The number of carbonyl (C=O) groups excluding carboxylic acids is 4. The Morgan fingerprint density at radius 3 is 2.17 bits per heavy atom. The van der Waals surface area contributed by atoms with E-state index >= 15 is 0 Å². The van der Waals surface area contributed by atoms with Crippen molar-refractivity contribution in [3.63, 3.8) is 0 Å². The lowest BCUT2D eigenvalue weighted by atomic mass is 10.1. The summed E-state index contributed by atoms with van der Waals surface area (Å²) in [4.78, 5) is 51.9. The maximum absolute atomic E-state index is 12.7. The topological polar surface area (TPSA) is 179 Å².